The Hall–Kier alpha value is -1.62. The zero-order valence-electron chi connectivity index (χ0n) is 10.1. The van der Waals surface area contributed by atoms with E-state index in [1.165, 1.54) is 0 Å². The van der Waals surface area contributed by atoms with Gasteiger partial charge in [-0.2, -0.15) is 0 Å². The van der Waals surface area contributed by atoms with Crippen molar-refractivity contribution in [2.75, 3.05) is 11.9 Å². The Morgan fingerprint density at radius 2 is 2.22 bits per heavy atom. The summed E-state index contributed by atoms with van der Waals surface area (Å²) in [6, 6.07) is 9.46. The summed E-state index contributed by atoms with van der Waals surface area (Å²) in [5.74, 6) is 0. The molecule has 94 valence electrons. The lowest BCUT2D eigenvalue weighted by Gasteiger charge is -2.08. The number of aromatic nitrogens is 2. The fraction of sp³-hybridized carbons (Fsp3) is 0.231. The van der Waals surface area contributed by atoms with Gasteiger partial charge in [-0.3, -0.25) is 9.36 Å². The van der Waals surface area contributed by atoms with Gasteiger partial charge in [0.1, 0.15) is 0 Å². The zero-order chi connectivity index (χ0) is 13.0. The third kappa shape index (κ3) is 3.43. The third-order valence-corrected chi connectivity index (χ3v) is 3.02. The molecule has 0 radical (unpaired) electrons. The maximum atomic E-state index is 11.6. The normalized spacial score (nSPS) is 10.3. The van der Waals surface area contributed by atoms with Gasteiger partial charge in [0.05, 0.1) is 6.33 Å². The van der Waals surface area contributed by atoms with Crippen molar-refractivity contribution in [3.8, 4) is 0 Å². The molecule has 0 aliphatic carbocycles. The van der Waals surface area contributed by atoms with Crippen LogP contribution in [0.2, 0.25) is 0 Å². The predicted molar refractivity (Wildman–Crippen MR) is 75.9 cm³/mol. The average molecular weight is 308 g/mol. The highest BCUT2D eigenvalue weighted by molar-refractivity contribution is 9.10. The molecular weight excluding hydrogens is 294 g/mol. The van der Waals surface area contributed by atoms with E-state index in [9.17, 15) is 4.79 Å². The first-order chi connectivity index (χ1) is 8.65. The first-order valence-electron chi connectivity index (χ1n) is 5.68. The second kappa shape index (κ2) is 5.82. The van der Waals surface area contributed by atoms with E-state index in [1.54, 1.807) is 17.0 Å². The quantitative estimate of drug-likeness (QED) is 0.943. The minimum absolute atomic E-state index is 0.0152. The van der Waals surface area contributed by atoms with E-state index in [0.29, 0.717) is 13.1 Å². The van der Waals surface area contributed by atoms with Crippen LogP contribution in [0.3, 0.4) is 0 Å². The molecule has 0 aliphatic rings. The van der Waals surface area contributed by atoms with Crippen LogP contribution < -0.4 is 10.9 Å². The summed E-state index contributed by atoms with van der Waals surface area (Å²) in [6.07, 6.45) is 1.58. The van der Waals surface area contributed by atoms with Crippen LogP contribution in [0, 0.1) is 6.92 Å². The Morgan fingerprint density at radius 1 is 1.39 bits per heavy atom. The molecule has 0 unspecified atom stereocenters. The Morgan fingerprint density at radius 3 is 2.94 bits per heavy atom. The smallest absolute Gasteiger partial charge is 0.253 e. The molecule has 5 heteroatoms. The second-order valence-corrected chi connectivity index (χ2v) is 4.91. The van der Waals surface area contributed by atoms with Gasteiger partial charge in [-0.1, -0.05) is 22.0 Å². The fourth-order valence-corrected chi connectivity index (χ4v) is 2.00. The van der Waals surface area contributed by atoms with Crippen LogP contribution in [0.4, 0.5) is 5.69 Å². The van der Waals surface area contributed by atoms with E-state index in [2.05, 4.69) is 26.2 Å². The Kier molecular flexibility index (Phi) is 4.15. The van der Waals surface area contributed by atoms with Crippen molar-refractivity contribution < 1.29 is 0 Å². The standard InChI is InChI=1S/C13H14BrN3O/c1-10-7-13(18)17(9-16-10)6-5-15-12-4-2-3-11(14)8-12/h2-4,7-9,15H,5-6H2,1H3. The number of halogens is 1. The summed E-state index contributed by atoms with van der Waals surface area (Å²) in [6.45, 7) is 3.09. The average Bonchev–Trinajstić information content (AvgIpc) is 2.32. The number of benzene rings is 1. The van der Waals surface area contributed by atoms with Crippen molar-refractivity contribution in [2.45, 2.75) is 13.5 Å². The summed E-state index contributed by atoms with van der Waals surface area (Å²) in [7, 11) is 0. The molecule has 1 N–H and O–H groups in total. The number of hydrogen-bond acceptors (Lipinski definition) is 3. The van der Waals surface area contributed by atoms with Crippen LogP contribution in [0.1, 0.15) is 5.69 Å². The monoisotopic (exact) mass is 307 g/mol. The number of anilines is 1. The minimum atomic E-state index is -0.0152. The molecule has 1 aromatic heterocycles. The largest absolute Gasteiger partial charge is 0.383 e. The number of rotatable bonds is 4. The molecule has 0 aliphatic heterocycles. The molecule has 0 saturated heterocycles. The molecular formula is C13H14BrN3O. The van der Waals surface area contributed by atoms with Gasteiger partial charge in [-0.15, -0.1) is 0 Å². The van der Waals surface area contributed by atoms with E-state index < -0.39 is 0 Å². The van der Waals surface area contributed by atoms with Crippen LogP contribution in [0.15, 0.2) is 45.9 Å². The van der Waals surface area contributed by atoms with Gasteiger partial charge in [-0.05, 0) is 25.1 Å². The number of nitrogens with one attached hydrogen (secondary N) is 1. The first-order valence-corrected chi connectivity index (χ1v) is 6.47. The van der Waals surface area contributed by atoms with Gasteiger partial charge in [0.15, 0.2) is 0 Å². The Balaban J connectivity index is 1.94. The maximum absolute atomic E-state index is 11.6. The highest BCUT2D eigenvalue weighted by Crippen LogP contribution is 2.15. The predicted octanol–water partition coefficient (Wildman–Crippen LogP) is 2.43. The first kappa shape index (κ1) is 12.8. The summed E-state index contributed by atoms with van der Waals surface area (Å²) in [4.78, 5) is 15.7. The SMILES string of the molecule is Cc1cc(=O)n(CCNc2cccc(Br)c2)cn1. The molecule has 2 aromatic rings. The lowest BCUT2D eigenvalue weighted by molar-refractivity contribution is 0.676. The van der Waals surface area contributed by atoms with Crippen molar-refractivity contribution in [2.24, 2.45) is 0 Å². The van der Waals surface area contributed by atoms with E-state index in [-0.39, 0.29) is 5.56 Å². The molecule has 1 aromatic carbocycles. The van der Waals surface area contributed by atoms with E-state index in [0.717, 1.165) is 15.9 Å². The molecule has 18 heavy (non-hydrogen) atoms. The van der Waals surface area contributed by atoms with Crippen molar-refractivity contribution in [3.05, 3.63) is 57.2 Å². The summed E-state index contributed by atoms with van der Waals surface area (Å²) < 4.78 is 2.62. The molecule has 0 spiro atoms. The third-order valence-electron chi connectivity index (χ3n) is 2.52. The highest BCUT2D eigenvalue weighted by atomic mass is 79.9. The van der Waals surface area contributed by atoms with Gasteiger partial charge in [0.2, 0.25) is 0 Å². The van der Waals surface area contributed by atoms with Crippen molar-refractivity contribution in [1.29, 1.82) is 0 Å². The lowest BCUT2D eigenvalue weighted by Crippen LogP contribution is -2.23. The van der Waals surface area contributed by atoms with Crippen molar-refractivity contribution >= 4 is 21.6 Å². The molecule has 0 saturated carbocycles. The lowest BCUT2D eigenvalue weighted by atomic mass is 10.3. The summed E-state index contributed by atoms with van der Waals surface area (Å²) >= 11 is 3.41. The van der Waals surface area contributed by atoms with Gasteiger partial charge < -0.3 is 5.32 Å². The molecule has 0 amide bonds. The Bertz CT molecular complexity index is 595. The molecule has 1 heterocycles. The number of aryl methyl sites for hydroxylation is 1. The van der Waals surface area contributed by atoms with Crippen LogP contribution in [-0.4, -0.2) is 16.1 Å². The summed E-state index contributed by atoms with van der Waals surface area (Å²) in [5.41, 5.74) is 1.76. The van der Waals surface area contributed by atoms with Gasteiger partial charge in [0, 0.05) is 35.0 Å². The minimum Gasteiger partial charge on any atom is -0.383 e. The summed E-state index contributed by atoms with van der Waals surface area (Å²) in [5, 5.41) is 3.26. The van der Waals surface area contributed by atoms with Gasteiger partial charge in [-0.25, -0.2) is 4.98 Å². The van der Waals surface area contributed by atoms with Crippen molar-refractivity contribution in [1.82, 2.24) is 9.55 Å². The zero-order valence-corrected chi connectivity index (χ0v) is 11.6. The maximum Gasteiger partial charge on any atom is 0.253 e. The van der Waals surface area contributed by atoms with Crippen LogP contribution in [0.5, 0.6) is 0 Å². The van der Waals surface area contributed by atoms with Gasteiger partial charge in [0.25, 0.3) is 5.56 Å². The van der Waals surface area contributed by atoms with E-state index in [4.69, 9.17) is 0 Å². The van der Waals surface area contributed by atoms with Crippen LogP contribution in [-0.2, 0) is 6.54 Å². The molecule has 0 fully saturated rings. The van der Waals surface area contributed by atoms with Crippen LogP contribution in [0.25, 0.3) is 0 Å². The molecule has 0 bridgehead atoms. The fourth-order valence-electron chi connectivity index (χ4n) is 1.60. The number of hydrogen-bond donors (Lipinski definition) is 1. The van der Waals surface area contributed by atoms with Crippen LogP contribution >= 0.6 is 15.9 Å². The van der Waals surface area contributed by atoms with E-state index in [1.807, 2.05) is 31.2 Å². The second-order valence-electron chi connectivity index (χ2n) is 4.00. The van der Waals surface area contributed by atoms with Crippen molar-refractivity contribution in [3.63, 3.8) is 0 Å². The topological polar surface area (TPSA) is 46.9 Å². The molecule has 4 nitrogen and oxygen atoms in total. The van der Waals surface area contributed by atoms with E-state index >= 15 is 0 Å². The highest BCUT2D eigenvalue weighted by Gasteiger charge is 1.97. The van der Waals surface area contributed by atoms with Gasteiger partial charge >= 0.3 is 0 Å². The molecule has 2 rings (SSSR count). The Labute approximate surface area is 114 Å². The molecule has 0 atom stereocenters. The number of nitrogens with zero attached hydrogens (tertiary/aromatic N) is 2.